The second-order valence-electron chi connectivity index (χ2n) is 10.9. The van der Waals surface area contributed by atoms with Gasteiger partial charge >= 0.3 is 123 Å². The summed E-state index contributed by atoms with van der Waals surface area (Å²) in [4.78, 5) is 0. The normalized spacial score (nSPS) is 12.3. The molecule has 2 rings (SSSR count). The Hall–Kier alpha value is -0.150. The van der Waals surface area contributed by atoms with Crippen molar-refractivity contribution in [3.8, 4) is 0 Å². The number of benzene rings is 2. The van der Waals surface area contributed by atoms with E-state index in [2.05, 4.69) is 118 Å². The topological polar surface area (TPSA) is 0 Å². The van der Waals surface area contributed by atoms with Crippen molar-refractivity contribution in [2.75, 3.05) is 0 Å². The zero-order valence-electron chi connectivity index (χ0n) is 22.8. The van der Waals surface area contributed by atoms with E-state index in [0.29, 0.717) is 0 Å². The number of rotatable bonds is 5. The first-order chi connectivity index (χ1) is 14.0. The molecule has 0 unspecified atom stereocenters. The van der Waals surface area contributed by atoms with E-state index in [4.69, 9.17) is 0 Å². The van der Waals surface area contributed by atoms with Crippen LogP contribution in [-0.4, -0.2) is 46.3 Å². The second kappa shape index (κ2) is 11.3. The van der Waals surface area contributed by atoms with Gasteiger partial charge in [0, 0.05) is 30.8 Å². The van der Waals surface area contributed by atoms with Gasteiger partial charge in [-0.25, -0.2) is 0 Å². The van der Waals surface area contributed by atoms with Crippen LogP contribution >= 0.6 is 0 Å². The number of hydrogen-bond acceptors (Lipinski definition) is 0. The zero-order valence-corrected chi connectivity index (χ0v) is 28.9. The Morgan fingerprint density at radius 2 is 0.742 bits per heavy atom. The molecule has 0 saturated carbocycles. The molecule has 0 nitrogen and oxygen atoms in total. The summed E-state index contributed by atoms with van der Waals surface area (Å²) in [5.41, 5.74) is 8.63. The summed E-state index contributed by atoms with van der Waals surface area (Å²) in [5, 5.41) is 0. The standard InChI is InChI=1S/C18H22Ge.C8H24Si4/c1-11-7-13(3)17(14(4)8-11)19-18-15(5)9-12(2)10-16(18)6;1-9(2)11(5,6)12(7,8)10(3)4/h7-10H,1-6H3;1-8H3. The molecule has 0 N–H and O–H groups in total. The third-order valence-corrected chi connectivity index (χ3v) is 67.0. The molecule has 170 valence electrons. The van der Waals surface area contributed by atoms with Gasteiger partial charge in [0.15, 0.2) is 0 Å². The van der Waals surface area contributed by atoms with Gasteiger partial charge in [-0.1, -0.05) is 52.4 Å². The van der Waals surface area contributed by atoms with E-state index in [-0.39, 0.29) is 32.1 Å². The van der Waals surface area contributed by atoms with Crippen molar-refractivity contribution in [3.05, 3.63) is 57.6 Å². The fourth-order valence-electron chi connectivity index (χ4n) is 4.13. The maximum absolute atomic E-state index is 2.66. The van der Waals surface area contributed by atoms with Crippen LogP contribution in [-0.2, 0) is 0 Å². The van der Waals surface area contributed by atoms with Crippen molar-refractivity contribution in [2.45, 2.75) is 93.9 Å². The third-order valence-electron chi connectivity index (χ3n) is 7.67. The van der Waals surface area contributed by atoms with E-state index in [9.17, 15) is 0 Å². The van der Waals surface area contributed by atoms with Crippen LogP contribution in [0.3, 0.4) is 0 Å². The molecule has 0 aromatic heterocycles. The Kier molecular flexibility index (Phi) is 10.5. The average molecular weight is 544 g/mol. The van der Waals surface area contributed by atoms with E-state index >= 15 is 0 Å². The maximum atomic E-state index is 2.66. The summed E-state index contributed by atoms with van der Waals surface area (Å²) in [6, 6.07) is 9.30. The Morgan fingerprint density at radius 3 is 0.935 bits per heavy atom. The van der Waals surface area contributed by atoms with Crippen molar-refractivity contribution in [2.24, 2.45) is 0 Å². The molecule has 0 heterocycles. The Morgan fingerprint density at radius 1 is 0.516 bits per heavy atom. The first kappa shape index (κ1) is 28.9. The van der Waals surface area contributed by atoms with E-state index in [1.807, 2.05) is 0 Å². The van der Waals surface area contributed by atoms with Gasteiger partial charge in [0.25, 0.3) is 0 Å². The quantitative estimate of drug-likeness (QED) is 0.386. The van der Waals surface area contributed by atoms with Gasteiger partial charge in [0.05, 0.1) is 0 Å². The molecule has 5 heteroatoms. The summed E-state index contributed by atoms with van der Waals surface area (Å²) in [6.45, 7) is 34.2. The van der Waals surface area contributed by atoms with Crippen molar-refractivity contribution in [1.29, 1.82) is 0 Å². The van der Waals surface area contributed by atoms with Gasteiger partial charge in [-0.05, 0) is 0 Å². The van der Waals surface area contributed by atoms with Gasteiger partial charge < -0.3 is 0 Å². The van der Waals surface area contributed by atoms with Gasteiger partial charge in [0.1, 0.15) is 0 Å². The van der Waals surface area contributed by atoms with Gasteiger partial charge in [-0.3, -0.25) is 0 Å². The second-order valence-corrected chi connectivity index (χ2v) is 48.0. The molecule has 4 radical (unpaired) electrons. The van der Waals surface area contributed by atoms with Gasteiger partial charge in [0.2, 0.25) is 0 Å². The SMILES string of the molecule is C[Si](C)[Si](C)(C)[Si](C)(C)[Si](C)C.Cc1cc(C)[c]([Ge][c]2c(C)cc(C)cc2C)c(C)c1. The van der Waals surface area contributed by atoms with Crippen LogP contribution in [0.4, 0.5) is 0 Å². The molecule has 0 bridgehead atoms. The molecule has 0 aliphatic rings. The predicted octanol–water partition coefficient (Wildman–Crippen LogP) is 6.34. The summed E-state index contributed by atoms with van der Waals surface area (Å²) < 4.78 is 3.22. The average Bonchev–Trinajstić information content (AvgIpc) is 2.59. The third kappa shape index (κ3) is 7.16. The van der Waals surface area contributed by atoms with Crippen LogP contribution in [0.5, 0.6) is 0 Å². The first-order valence-electron chi connectivity index (χ1n) is 11.6. The van der Waals surface area contributed by atoms with E-state index in [1.54, 1.807) is 8.79 Å². The molecule has 2 aromatic carbocycles. The van der Waals surface area contributed by atoms with Crippen LogP contribution in [0.1, 0.15) is 33.4 Å². The monoisotopic (exact) mass is 544 g/mol. The fourth-order valence-corrected chi connectivity index (χ4v) is 52.9. The predicted molar refractivity (Wildman–Crippen MR) is 156 cm³/mol. The molecule has 0 amide bonds. The summed E-state index contributed by atoms with van der Waals surface area (Å²) in [7, 11) is -1.54. The zero-order chi connectivity index (χ0) is 24.3. The van der Waals surface area contributed by atoms with E-state index in [1.165, 1.54) is 33.4 Å². The molecule has 0 fully saturated rings. The Labute approximate surface area is 205 Å². The molecule has 0 atom stereocenters. The summed E-state index contributed by atoms with van der Waals surface area (Å²) >= 11 is -0.239. The van der Waals surface area contributed by atoms with Crippen LogP contribution in [0.15, 0.2) is 24.3 Å². The van der Waals surface area contributed by atoms with Crippen LogP contribution < -0.4 is 8.79 Å². The minimum absolute atomic E-state index is 0.0136. The molecule has 0 saturated heterocycles. The molecular weight excluding hydrogens is 497 g/mol. The van der Waals surface area contributed by atoms with Crippen molar-refractivity contribution in [1.82, 2.24) is 0 Å². The van der Waals surface area contributed by atoms with Crippen molar-refractivity contribution in [3.63, 3.8) is 0 Å². The number of hydrogen-bond donors (Lipinski definition) is 0. The molecule has 0 aliphatic heterocycles. The summed E-state index contributed by atoms with van der Waals surface area (Å²) in [6.07, 6.45) is 0. The van der Waals surface area contributed by atoms with E-state index < -0.39 is 14.2 Å². The summed E-state index contributed by atoms with van der Waals surface area (Å²) in [5.74, 6) is 0. The molecule has 2 aromatic rings. The molecule has 0 spiro atoms. The Bertz CT molecular complexity index is 779. The Balaban J connectivity index is 0.000000348. The van der Waals surface area contributed by atoms with Gasteiger partial charge in [-0.2, -0.15) is 0 Å². The van der Waals surface area contributed by atoms with Gasteiger partial charge in [-0.15, -0.1) is 0 Å². The molecule has 31 heavy (non-hydrogen) atoms. The van der Waals surface area contributed by atoms with Crippen molar-refractivity contribution >= 4 is 55.1 Å². The number of aryl methyl sites for hydroxylation is 6. The molecule has 0 aliphatic carbocycles. The van der Waals surface area contributed by atoms with Crippen molar-refractivity contribution < 1.29 is 0 Å². The molecular formula is C26H46GeSi4. The first-order valence-corrected chi connectivity index (χ1v) is 27.7. The van der Waals surface area contributed by atoms with E-state index in [0.717, 1.165) is 0 Å². The fraction of sp³-hybridized carbons (Fsp3) is 0.538. The van der Waals surface area contributed by atoms with Crippen LogP contribution in [0.2, 0.25) is 52.4 Å². The minimum atomic E-state index is -0.785. The van der Waals surface area contributed by atoms with Crippen LogP contribution in [0, 0.1) is 41.5 Å². The van der Waals surface area contributed by atoms with Crippen LogP contribution in [0.25, 0.3) is 0 Å².